The molecule has 2 spiro atoms. The number of piperidine rings is 6. The van der Waals surface area contributed by atoms with E-state index >= 15 is 0 Å². The monoisotopic (exact) mass is 488 g/mol. The van der Waals surface area contributed by atoms with Crippen molar-refractivity contribution in [2.45, 2.75) is 61.6 Å². The van der Waals surface area contributed by atoms with E-state index in [0.29, 0.717) is 10.9 Å². The van der Waals surface area contributed by atoms with Crippen LogP contribution in [0.5, 0.6) is 0 Å². The van der Waals surface area contributed by atoms with Gasteiger partial charge < -0.3 is 49.6 Å². The third-order valence-electron chi connectivity index (χ3n) is 7.57. The van der Waals surface area contributed by atoms with Gasteiger partial charge in [0.2, 0.25) is 0 Å². The summed E-state index contributed by atoms with van der Waals surface area (Å²) in [5, 5.41) is 0. The molecule has 0 aliphatic carbocycles. The fourth-order valence-electron chi connectivity index (χ4n) is 6.16. The molecule has 9 heteroatoms. The second-order valence-electron chi connectivity index (χ2n) is 9.22. The number of hydrogen-bond donors (Lipinski definition) is 0. The van der Waals surface area contributed by atoms with Gasteiger partial charge in [0.25, 0.3) is 0 Å². The van der Waals surface area contributed by atoms with Crippen LogP contribution in [0.2, 0.25) is 0 Å². The van der Waals surface area contributed by atoms with E-state index in [2.05, 4.69) is 23.6 Å². The predicted molar refractivity (Wildman–Crippen MR) is 116 cm³/mol. The zero-order valence-corrected chi connectivity index (χ0v) is 20.7. The van der Waals surface area contributed by atoms with Gasteiger partial charge in [-0.15, -0.1) is 23.5 Å². The number of rotatable bonds is 0. The van der Waals surface area contributed by atoms with Gasteiger partial charge in [-0.05, 0) is 77.5 Å². The molecule has 8 aliphatic heterocycles. The van der Waals surface area contributed by atoms with Crippen LogP contribution in [0.4, 0.5) is 0 Å². The molecular weight excluding hydrogens is 451 g/mol. The third kappa shape index (κ3) is 5.03. The van der Waals surface area contributed by atoms with Crippen molar-refractivity contribution < 1.29 is 42.6 Å². The lowest BCUT2D eigenvalue weighted by Crippen LogP contribution is -3.00. The molecule has 4 bridgehead atoms. The Hall–Kier alpha value is 1.08. The van der Waals surface area contributed by atoms with E-state index in [4.69, 9.17) is 9.47 Å². The van der Waals surface area contributed by atoms with E-state index in [1.165, 1.54) is 76.5 Å². The van der Waals surface area contributed by atoms with Crippen molar-refractivity contribution in [3.05, 3.63) is 0 Å². The van der Waals surface area contributed by atoms with Crippen LogP contribution in [0.1, 0.15) is 42.4 Å². The Kier molecular flexibility index (Phi) is 9.39. The first-order valence-corrected chi connectivity index (χ1v) is 12.7. The van der Waals surface area contributed by atoms with Crippen molar-refractivity contribution in [2.75, 3.05) is 50.8 Å². The van der Waals surface area contributed by atoms with Gasteiger partial charge in [0.05, 0.1) is 11.2 Å². The first-order valence-electron chi connectivity index (χ1n) is 10.6. The molecule has 0 aromatic rings. The molecule has 0 aromatic carbocycles. The first kappa shape index (κ1) is 26.3. The van der Waals surface area contributed by atoms with Crippen LogP contribution in [0.15, 0.2) is 0 Å². The molecule has 0 unspecified atom stereocenters. The van der Waals surface area contributed by atoms with Crippen LogP contribution in [-0.2, 0) is 9.47 Å². The van der Waals surface area contributed by atoms with Crippen LogP contribution < -0.4 is 24.8 Å². The van der Waals surface area contributed by atoms with E-state index < -0.39 is 0 Å². The molecule has 8 aliphatic rings. The minimum Gasteiger partial charge on any atom is -1.00 e. The smallest absolute Gasteiger partial charge is 1.00 e. The standard InChI is InChI=1S/2C10H17NOS.2ClH.H2O/c2*1-8-12-10(7-13-8)6-11-4-2-9(10)3-5-11;;;/h2*8-9H,2-7H2,1H3;2*1H;1H2/t2*8-,10-;;;/m11.../s1. The summed E-state index contributed by atoms with van der Waals surface area (Å²) in [4.78, 5) is 5.16. The number of halogens is 2. The van der Waals surface area contributed by atoms with E-state index in [0.717, 1.165) is 11.8 Å². The van der Waals surface area contributed by atoms with E-state index in [9.17, 15) is 0 Å². The highest BCUT2D eigenvalue weighted by Gasteiger charge is 2.52. The minimum atomic E-state index is 0. The summed E-state index contributed by atoms with van der Waals surface area (Å²) in [6.45, 7) is 12.0. The van der Waals surface area contributed by atoms with Gasteiger partial charge in [-0.25, -0.2) is 0 Å². The Balaban J connectivity index is 0.000000500. The van der Waals surface area contributed by atoms with Crippen molar-refractivity contribution in [1.82, 2.24) is 9.80 Å². The second kappa shape index (κ2) is 10.3. The Bertz CT molecular complexity index is 501. The molecule has 172 valence electrons. The largest absolute Gasteiger partial charge is 1.00 e. The Labute approximate surface area is 199 Å². The van der Waals surface area contributed by atoms with Crippen LogP contribution in [0.3, 0.4) is 0 Å². The van der Waals surface area contributed by atoms with E-state index in [1.54, 1.807) is 0 Å². The molecule has 4 atom stereocenters. The highest BCUT2D eigenvalue weighted by atomic mass is 35.5. The van der Waals surface area contributed by atoms with Crippen LogP contribution in [0.25, 0.3) is 0 Å². The van der Waals surface area contributed by atoms with Crippen molar-refractivity contribution in [3.63, 3.8) is 0 Å². The molecule has 8 rings (SSSR count). The number of ether oxygens (including phenoxy) is 2. The Morgan fingerprint density at radius 3 is 1.28 bits per heavy atom. The molecule has 0 saturated carbocycles. The number of nitrogens with zero attached hydrogens (tertiary/aromatic N) is 2. The molecule has 8 saturated heterocycles. The lowest BCUT2D eigenvalue weighted by Gasteiger charge is -2.50. The highest BCUT2D eigenvalue weighted by molar-refractivity contribution is 8.00. The fourth-order valence-corrected chi connectivity index (χ4v) is 8.50. The molecule has 0 aromatic heterocycles. The Morgan fingerprint density at radius 2 is 1.07 bits per heavy atom. The van der Waals surface area contributed by atoms with Gasteiger partial charge >= 0.3 is 2.85 Å². The Morgan fingerprint density at radius 1 is 0.724 bits per heavy atom. The summed E-state index contributed by atoms with van der Waals surface area (Å²) in [6.07, 6.45) is 5.47. The number of hydrogen-bond acceptors (Lipinski definition) is 6. The minimum absolute atomic E-state index is 0. The van der Waals surface area contributed by atoms with Crippen molar-refractivity contribution in [1.29, 1.82) is 0 Å². The van der Waals surface area contributed by atoms with Crippen LogP contribution in [-0.4, -0.2) is 88.1 Å². The van der Waals surface area contributed by atoms with E-state index in [1.807, 2.05) is 23.5 Å². The normalized spacial score (nSPS) is 49.0. The van der Waals surface area contributed by atoms with Gasteiger partial charge in [-0.3, -0.25) is 0 Å². The van der Waals surface area contributed by atoms with E-state index in [-0.39, 0.29) is 44.3 Å². The summed E-state index contributed by atoms with van der Waals surface area (Å²) < 4.78 is 12.3. The van der Waals surface area contributed by atoms with Gasteiger partial charge in [-0.1, -0.05) is 0 Å². The number of thioether (sulfide) groups is 2. The van der Waals surface area contributed by atoms with Crippen molar-refractivity contribution >= 4 is 23.5 Å². The quantitative estimate of drug-likeness (QED) is 0.353. The molecule has 29 heavy (non-hydrogen) atoms. The lowest BCUT2D eigenvalue weighted by molar-refractivity contribution is -0.133. The molecule has 5 nitrogen and oxygen atoms in total. The van der Waals surface area contributed by atoms with Crippen LogP contribution in [0, 0.1) is 11.8 Å². The average Bonchev–Trinajstić information content (AvgIpc) is 3.20. The predicted octanol–water partition coefficient (Wildman–Crippen LogP) is -3.47. The second-order valence-corrected chi connectivity index (χ2v) is 11.8. The molecule has 0 amide bonds. The summed E-state index contributed by atoms with van der Waals surface area (Å²) in [7, 11) is 0. The fraction of sp³-hybridized carbons (Fsp3) is 1.00. The highest BCUT2D eigenvalue weighted by Crippen LogP contribution is 2.47. The van der Waals surface area contributed by atoms with Crippen molar-refractivity contribution in [3.8, 4) is 0 Å². The molecule has 8 heterocycles. The molecule has 8 fully saturated rings. The molecule has 2 N–H and O–H groups in total. The number of fused-ring (bicyclic) bond motifs is 4. The zero-order chi connectivity index (χ0) is 17.8. The average molecular weight is 490 g/mol. The maximum absolute atomic E-state index is 6.14. The SMILES string of the molecule is C[C@@H]1O[C@@]2(CS1)CN1CCC2CC1.C[C@@H]1O[C@@]2(CS1)CN1CCC2CC1.O.[Cl-].[Cl-].[H+].[H+]. The third-order valence-corrected chi connectivity index (χ3v) is 10.0. The first-order chi connectivity index (χ1) is 12.6. The van der Waals surface area contributed by atoms with Gasteiger partial charge in [0.15, 0.2) is 0 Å². The molecule has 0 radical (unpaired) electrons. The zero-order valence-electron chi connectivity index (χ0n) is 19.6. The maximum Gasteiger partial charge on any atom is 1.00 e. The topological polar surface area (TPSA) is 56.4 Å². The van der Waals surface area contributed by atoms with Gasteiger partial charge in [0.1, 0.15) is 10.9 Å². The van der Waals surface area contributed by atoms with Gasteiger partial charge in [-0.2, -0.15) is 0 Å². The van der Waals surface area contributed by atoms with Gasteiger partial charge in [0, 0.05) is 24.6 Å². The summed E-state index contributed by atoms with van der Waals surface area (Å²) in [6, 6.07) is 0. The summed E-state index contributed by atoms with van der Waals surface area (Å²) in [5.74, 6) is 4.18. The van der Waals surface area contributed by atoms with Crippen LogP contribution >= 0.6 is 23.5 Å². The van der Waals surface area contributed by atoms with Crippen molar-refractivity contribution in [2.24, 2.45) is 11.8 Å². The molecular formula is C20H38Cl2N2O3S2. The summed E-state index contributed by atoms with van der Waals surface area (Å²) in [5.41, 5.74) is 1.36. The maximum atomic E-state index is 6.14. The lowest BCUT2D eigenvalue weighted by atomic mass is 9.76. The summed E-state index contributed by atoms with van der Waals surface area (Å²) >= 11 is 3.99.